The van der Waals surface area contributed by atoms with Crippen LogP contribution in [0.1, 0.15) is 24.0 Å². The van der Waals surface area contributed by atoms with Gasteiger partial charge >= 0.3 is 12.0 Å². The largest absolute Gasteiger partial charge is 0.489 e. The lowest BCUT2D eigenvalue weighted by Crippen LogP contribution is -2.47. The molecule has 1 aliphatic rings. The second-order valence-electron chi connectivity index (χ2n) is 7.02. The Morgan fingerprint density at radius 2 is 1.82 bits per heavy atom. The van der Waals surface area contributed by atoms with E-state index in [1.807, 2.05) is 54.6 Å². The molecule has 1 atom stereocenters. The lowest BCUT2D eigenvalue weighted by Gasteiger charge is -2.30. The predicted octanol–water partition coefficient (Wildman–Crippen LogP) is 3.31. The fourth-order valence-electron chi connectivity index (χ4n) is 3.28. The zero-order valence-corrected chi connectivity index (χ0v) is 15.8. The number of ether oxygens (including phenoxy) is 1. The maximum absolute atomic E-state index is 12.2. The molecule has 1 aliphatic heterocycles. The van der Waals surface area contributed by atoms with Gasteiger partial charge in [0.2, 0.25) is 0 Å². The van der Waals surface area contributed by atoms with Crippen molar-refractivity contribution in [3.8, 4) is 5.75 Å². The standard InChI is InChI=1S/C22H26N2O4/c25-21(26)19-7-4-14-24(15-19)22(27)23-13-12-17-8-10-20(11-9-17)28-16-18-5-2-1-3-6-18/h1-3,5-6,8-11,19H,4,7,12-16H2,(H,23,27)(H,25,26). The molecule has 2 aromatic rings. The molecular weight excluding hydrogens is 356 g/mol. The minimum atomic E-state index is -0.827. The van der Waals surface area contributed by atoms with Crippen LogP contribution in [0.15, 0.2) is 54.6 Å². The molecule has 1 unspecified atom stereocenters. The number of nitrogens with zero attached hydrogens (tertiary/aromatic N) is 1. The van der Waals surface area contributed by atoms with Gasteiger partial charge in [-0.05, 0) is 42.5 Å². The van der Waals surface area contributed by atoms with E-state index in [1.54, 1.807) is 4.90 Å². The van der Waals surface area contributed by atoms with E-state index in [9.17, 15) is 9.59 Å². The number of piperidine rings is 1. The van der Waals surface area contributed by atoms with E-state index in [-0.39, 0.29) is 12.6 Å². The van der Waals surface area contributed by atoms with Gasteiger partial charge in [0.25, 0.3) is 0 Å². The molecule has 6 heteroatoms. The molecule has 1 fully saturated rings. The lowest BCUT2D eigenvalue weighted by molar-refractivity contribution is -0.143. The molecule has 1 heterocycles. The van der Waals surface area contributed by atoms with E-state index < -0.39 is 11.9 Å². The molecule has 0 aromatic heterocycles. The Bertz CT molecular complexity index is 777. The first kappa shape index (κ1) is 19.7. The highest BCUT2D eigenvalue weighted by Crippen LogP contribution is 2.17. The number of aliphatic carboxylic acids is 1. The number of amides is 2. The number of hydrogen-bond acceptors (Lipinski definition) is 3. The molecule has 2 aromatic carbocycles. The van der Waals surface area contributed by atoms with E-state index >= 15 is 0 Å². The van der Waals surface area contributed by atoms with Crippen molar-refractivity contribution in [3.05, 3.63) is 65.7 Å². The van der Waals surface area contributed by atoms with Crippen molar-refractivity contribution in [1.29, 1.82) is 0 Å². The van der Waals surface area contributed by atoms with Crippen molar-refractivity contribution in [3.63, 3.8) is 0 Å². The van der Waals surface area contributed by atoms with Gasteiger partial charge in [0.1, 0.15) is 12.4 Å². The molecule has 2 N–H and O–H groups in total. The van der Waals surface area contributed by atoms with E-state index in [1.165, 1.54) is 0 Å². The topological polar surface area (TPSA) is 78.9 Å². The monoisotopic (exact) mass is 382 g/mol. The third-order valence-electron chi connectivity index (χ3n) is 4.92. The smallest absolute Gasteiger partial charge is 0.317 e. The van der Waals surface area contributed by atoms with E-state index in [2.05, 4.69) is 5.32 Å². The third kappa shape index (κ3) is 5.74. The normalized spacial score (nSPS) is 16.4. The molecule has 148 valence electrons. The number of urea groups is 1. The summed E-state index contributed by atoms with van der Waals surface area (Å²) in [5, 5.41) is 12.0. The summed E-state index contributed by atoms with van der Waals surface area (Å²) in [5.74, 6) is -0.473. The van der Waals surface area contributed by atoms with Crippen molar-refractivity contribution in [1.82, 2.24) is 10.2 Å². The molecule has 1 saturated heterocycles. The summed E-state index contributed by atoms with van der Waals surface area (Å²) in [6, 6.07) is 17.7. The molecule has 0 bridgehead atoms. The average Bonchev–Trinajstić information content (AvgIpc) is 2.74. The van der Waals surface area contributed by atoms with Gasteiger partial charge in [0, 0.05) is 19.6 Å². The maximum atomic E-state index is 12.2. The van der Waals surface area contributed by atoms with Crippen LogP contribution < -0.4 is 10.1 Å². The van der Waals surface area contributed by atoms with Gasteiger partial charge in [-0.2, -0.15) is 0 Å². The number of likely N-dealkylation sites (tertiary alicyclic amines) is 1. The van der Waals surface area contributed by atoms with E-state index in [4.69, 9.17) is 9.84 Å². The first-order valence-corrected chi connectivity index (χ1v) is 9.63. The highest BCUT2D eigenvalue weighted by atomic mass is 16.5. The lowest BCUT2D eigenvalue weighted by atomic mass is 9.99. The van der Waals surface area contributed by atoms with Gasteiger partial charge in [-0.25, -0.2) is 4.79 Å². The number of nitrogens with one attached hydrogen (secondary N) is 1. The Labute approximate surface area is 165 Å². The second kappa shape index (κ2) is 9.78. The molecule has 0 saturated carbocycles. The average molecular weight is 382 g/mol. The van der Waals surface area contributed by atoms with Crippen molar-refractivity contribution < 1.29 is 19.4 Å². The van der Waals surface area contributed by atoms with Gasteiger partial charge in [0.05, 0.1) is 5.92 Å². The first-order chi connectivity index (χ1) is 13.6. The number of benzene rings is 2. The van der Waals surface area contributed by atoms with Crippen LogP contribution in [0.4, 0.5) is 4.79 Å². The van der Waals surface area contributed by atoms with Crippen LogP contribution in [0.2, 0.25) is 0 Å². The number of carbonyl (C=O) groups excluding carboxylic acids is 1. The van der Waals surface area contributed by atoms with Gasteiger partial charge in [-0.3, -0.25) is 4.79 Å². The predicted molar refractivity (Wildman–Crippen MR) is 106 cm³/mol. The molecule has 6 nitrogen and oxygen atoms in total. The van der Waals surface area contributed by atoms with Crippen LogP contribution in [0.25, 0.3) is 0 Å². The van der Waals surface area contributed by atoms with Crippen LogP contribution in [0.5, 0.6) is 5.75 Å². The number of rotatable bonds is 7. The van der Waals surface area contributed by atoms with Gasteiger partial charge in [-0.15, -0.1) is 0 Å². The minimum Gasteiger partial charge on any atom is -0.489 e. The number of carboxylic acids is 1. The Morgan fingerprint density at radius 3 is 2.54 bits per heavy atom. The summed E-state index contributed by atoms with van der Waals surface area (Å²) in [6.07, 6.45) is 2.08. The molecule has 2 amide bonds. The summed E-state index contributed by atoms with van der Waals surface area (Å²) >= 11 is 0. The Hall–Kier alpha value is -3.02. The minimum absolute atomic E-state index is 0.186. The Kier molecular flexibility index (Phi) is 6.89. The van der Waals surface area contributed by atoms with Crippen LogP contribution in [-0.2, 0) is 17.8 Å². The molecule has 3 rings (SSSR count). The Morgan fingerprint density at radius 1 is 1.07 bits per heavy atom. The number of carbonyl (C=O) groups is 2. The van der Waals surface area contributed by atoms with Crippen molar-refractivity contribution in [2.24, 2.45) is 5.92 Å². The molecular formula is C22H26N2O4. The number of carboxylic acid groups (broad SMARTS) is 1. The fourth-order valence-corrected chi connectivity index (χ4v) is 3.28. The molecule has 28 heavy (non-hydrogen) atoms. The zero-order chi connectivity index (χ0) is 19.8. The SMILES string of the molecule is O=C(O)C1CCCN(C(=O)NCCc2ccc(OCc3ccccc3)cc2)C1. The second-order valence-corrected chi connectivity index (χ2v) is 7.02. The number of hydrogen-bond donors (Lipinski definition) is 2. The van der Waals surface area contributed by atoms with Gasteiger partial charge < -0.3 is 20.1 Å². The van der Waals surface area contributed by atoms with Gasteiger partial charge in [0.15, 0.2) is 0 Å². The molecule has 0 spiro atoms. The highest BCUT2D eigenvalue weighted by Gasteiger charge is 2.27. The zero-order valence-electron chi connectivity index (χ0n) is 15.8. The summed E-state index contributed by atoms with van der Waals surface area (Å²) in [5.41, 5.74) is 2.23. The summed E-state index contributed by atoms with van der Waals surface area (Å²) < 4.78 is 5.77. The summed E-state index contributed by atoms with van der Waals surface area (Å²) in [7, 11) is 0. The summed E-state index contributed by atoms with van der Waals surface area (Å²) in [4.78, 5) is 24.9. The maximum Gasteiger partial charge on any atom is 0.317 e. The van der Waals surface area contributed by atoms with Crippen molar-refractivity contribution >= 4 is 12.0 Å². The molecule has 0 aliphatic carbocycles. The van der Waals surface area contributed by atoms with Crippen LogP contribution in [-0.4, -0.2) is 41.6 Å². The summed E-state index contributed by atoms with van der Waals surface area (Å²) in [6.45, 7) is 1.94. The van der Waals surface area contributed by atoms with Gasteiger partial charge in [-0.1, -0.05) is 42.5 Å². The van der Waals surface area contributed by atoms with Crippen LogP contribution in [0.3, 0.4) is 0 Å². The van der Waals surface area contributed by atoms with Crippen LogP contribution >= 0.6 is 0 Å². The van der Waals surface area contributed by atoms with E-state index in [0.29, 0.717) is 32.5 Å². The van der Waals surface area contributed by atoms with Crippen molar-refractivity contribution in [2.75, 3.05) is 19.6 Å². The third-order valence-corrected chi connectivity index (χ3v) is 4.92. The highest BCUT2D eigenvalue weighted by molar-refractivity contribution is 5.76. The fraction of sp³-hybridized carbons (Fsp3) is 0.364. The first-order valence-electron chi connectivity index (χ1n) is 9.63. The Balaban J connectivity index is 1.40. The quantitative estimate of drug-likeness (QED) is 0.770. The van der Waals surface area contributed by atoms with Crippen LogP contribution in [0, 0.1) is 5.92 Å². The van der Waals surface area contributed by atoms with Crippen molar-refractivity contribution in [2.45, 2.75) is 25.9 Å². The molecule has 0 radical (unpaired) electrons. The van der Waals surface area contributed by atoms with E-state index in [0.717, 1.165) is 23.3 Å².